The van der Waals surface area contributed by atoms with Gasteiger partial charge in [0, 0.05) is 39.6 Å². The van der Waals surface area contributed by atoms with Crippen LogP contribution >= 0.6 is 34.8 Å². The first-order chi connectivity index (χ1) is 15.1. The lowest BCUT2D eigenvalue weighted by Gasteiger charge is -2.27. The molecule has 1 heterocycles. The Balaban J connectivity index is 1.65. The van der Waals surface area contributed by atoms with E-state index in [0.717, 1.165) is 11.1 Å². The molecule has 0 fully saturated rings. The summed E-state index contributed by atoms with van der Waals surface area (Å²) < 4.78 is 11.7. The van der Waals surface area contributed by atoms with E-state index >= 15 is 0 Å². The van der Waals surface area contributed by atoms with E-state index in [9.17, 15) is 4.79 Å². The lowest BCUT2D eigenvalue weighted by Crippen LogP contribution is -2.35. The molecular weight excluding hydrogens is 471 g/mol. The highest BCUT2D eigenvalue weighted by Crippen LogP contribution is 2.30. The van der Waals surface area contributed by atoms with Gasteiger partial charge in [-0.05, 0) is 50.6 Å². The third-order valence-electron chi connectivity index (χ3n) is 4.68. The van der Waals surface area contributed by atoms with Crippen molar-refractivity contribution in [3.8, 4) is 0 Å². The van der Waals surface area contributed by atoms with E-state index in [4.69, 9.17) is 44.3 Å². The Hall–Kier alpha value is -1.92. The number of halogens is 3. The molecule has 0 saturated carbocycles. The van der Waals surface area contributed by atoms with Gasteiger partial charge in [-0.1, -0.05) is 53.0 Å². The maximum Gasteiger partial charge on any atom is 0.326 e. The summed E-state index contributed by atoms with van der Waals surface area (Å²) in [5.74, 6) is -0.264. The van der Waals surface area contributed by atoms with Crippen molar-refractivity contribution in [1.82, 2.24) is 9.80 Å². The second kappa shape index (κ2) is 10.8. The summed E-state index contributed by atoms with van der Waals surface area (Å²) in [4.78, 5) is 16.1. The van der Waals surface area contributed by atoms with Crippen molar-refractivity contribution in [3.63, 3.8) is 0 Å². The van der Waals surface area contributed by atoms with Gasteiger partial charge < -0.3 is 19.3 Å². The second-order valence-corrected chi connectivity index (χ2v) is 9.92. The fourth-order valence-electron chi connectivity index (χ4n) is 3.27. The van der Waals surface area contributed by atoms with Crippen molar-refractivity contribution >= 4 is 40.8 Å². The molecule has 0 aliphatic carbocycles. The minimum absolute atomic E-state index is 0.183. The van der Waals surface area contributed by atoms with Crippen LogP contribution in [0.2, 0.25) is 15.1 Å². The van der Waals surface area contributed by atoms with Gasteiger partial charge in [-0.15, -0.1) is 0 Å². The number of carbonyl (C=O) groups is 1. The van der Waals surface area contributed by atoms with Crippen LogP contribution in [0.1, 0.15) is 38.0 Å². The third-order valence-corrected chi connectivity index (χ3v) is 5.49. The number of ether oxygens (including phenoxy) is 2. The molecule has 0 aromatic heterocycles. The van der Waals surface area contributed by atoms with Gasteiger partial charge in [-0.2, -0.15) is 0 Å². The highest BCUT2D eigenvalue weighted by molar-refractivity contribution is 6.35. The second-order valence-electron chi connectivity index (χ2n) is 8.64. The summed E-state index contributed by atoms with van der Waals surface area (Å²) >= 11 is 18.5. The predicted octanol–water partition coefficient (Wildman–Crippen LogP) is 6.29. The molecule has 8 heteroatoms. The molecule has 5 nitrogen and oxygen atoms in total. The predicted molar refractivity (Wildman–Crippen MR) is 129 cm³/mol. The van der Waals surface area contributed by atoms with Gasteiger partial charge in [0.1, 0.15) is 18.2 Å². The fourth-order valence-corrected chi connectivity index (χ4v) is 3.93. The Morgan fingerprint density at radius 2 is 1.66 bits per heavy atom. The molecule has 0 bridgehead atoms. The van der Waals surface area contributed by atoms with Crippen LogP contribution in [-0.2, 0) is 20.9 Å². The van der Waals surface area contributed by atoms with E-state index in [1.807, 2.05) is 68.4 Å². The Morgan fingerprint density at radius 1 is 1.00 bits per heavy atom. The van der Waals surface area contributed by atoms with Crippen LogP contribution in [0.15, 0.2) is 54.9 Å². The Kier molecular flexibility index (Phi) is 8.34. The minimum atomic E-state index is -0.508. The third kappa shape index (κ3) is 7.59. The smallest absolute Gasteiger partial charge is 0.326 e. The van der Waals surface area contributed by atoms with Crippen LogP contribution in [0, 0.1) is 0 Å². The van der Waals surface area contributed by atoms with Gasteiger partial charge in [0.25, 0.3) is 0 Å². The maximum absolute atomic E-state index is 12.1. The van der Waals surface area contributed by atoms with Crippen LogP contribution < -0.4 is 0 Å². The number of hydrogen-bond acceptors (Lipinski definition) is 5. The quantitative estimate of drug-likeness (QED) is 0.401. The van der Waals surface area contributed by atoms with Crippen LogP contribution in [0.3, 0.4) is 0 Å². The monoisotopic (exact) mass is 496 g/mol. The highest BCUT2D eigenvalue weighted by atomic mass is 35.5. The number of benzene rings is 2. The first kappa shape index (κ1) is 24.7. The van der Waals surface area contributed by atoms with Gasteiger partial charge in [-0.25, -0.2) is 0 Å². The molecule has 1 unspecified atom stereocenters. The number of esters is 1. The maximum atomic E-state index is 12.1. The van der Waals surface area contributed by atoms with E-state index in [0.29, 0.717) is 34.9 Å². The summed E-state index contributed by atoms with van der Waals surface area (Å²) in [6.07, 6.45) is 3.51. The van der Waals surface area contributed by atoms with Crippen molar-refractivity contribution in [3.05, 3.63) is 81.1 Å². The Labute approximate surface area is 204 Å². The van der Waals surface area contributed by atoms with Crippen molar-refractivity contribution in [2.24, 2.45) is 0 Å². The summed E-state index contributed by atoms with van der Waals surface area (Å²) in [6, 6.07) is 12.9. The SMILES string of the molecule is CC(C)(C)OC(=O)CN1C=CN(CC(OCc2ccc(Cl)cc2)c2ccc(Cl)cc2Cl)C1. The normalized spacial score (nSPS) is 14.7. The summed E-state index contributed by atoms with van der Waals surface area (Å²) in [5.41, 5.74) is 1.35. The molecule has 0 spiro atoms. The fraction of sp³-hybridized carbons (Fsp3) is 0.375. The molecule has 3 rings (SSSR count). The van der Waals surface area contributed by atoms with Gasteiger partial charge in [0.2, 0.25) is 0 Å². The average molecular weight is 498 g/mol. The van der Waals surface area contributed by atoms with Gasteiger partial charge in [-0.3, -0.25) is 4.79 Å². The van der Waals surface area contributed by atoms with Crippen LogP contribution in [-0.4, -0.2) is 41.1 Å². The molecule has 0 radical (unpaired) electrons. The topological polar surface area (TPSA) is 42.0 Å². The van der Waals surface area contributed by atoms with Crippen LogP contribution in [0.5, 0.6) is 0 Å². The number of hydrogen-bond donors (Lipinski definition) is 0. The summed E-state index contributed by atoms with van der Waals surface area (Å²) in [7, 11) is 0. The molecule has 2 aromatic rings. The summed E-state index contributed by atoms with van der Waals surface area (Å²) in [6.45, 7) is 7.25. The molecule has 172 valence electrons. The molecule has 0 amide bonds. The molecule has 1 aliphatic rings. The number of nitrogens with zero attached hydrogens (tertiary/aromatic N) is 2. The average Bonchev–Trinajstić information content (AvgIpc) is 3.12. The van der Waals surface area contributed by atoms with Crippen molar-refractivity contribution in [2.45, 2.75) is 39.1 Å². The molecule has 0 saturated heterocycles. The van der Waals surface area contributed by atoms with Gasteiger partial charge >= 0.3 is 5.97 Å². The Morgan fingerprint density at radius 3 is 2.31 bits per heavy atom. The lowest BCUT2D eigenvalue weighted by molar-refractivity contribution is -0.155. The van der Waals surface area contributed by atoms with Crippen molar-refractivity contribution < 1.29 is 14.3 Å². The lowest BCUT2D eigenvalue weighted by atomic mass is 10.1. The number of rotatable bonds is 8. The van der Waals surface area contributed by atoms with E-state index in [1.165, 1.54) is 0 Å². The largest absolute Gasteiger partial charge is 0.459 e. The van der Waals surface area contributed by atoms with Crippen molar-refractivity contribution in [2.75, 3.05) is 19.8 Å². The van der Waals surface area contributed by atoms with E-state index in [1.54, 1.807) is 12.1 Å². The molecule has 32 heavy (non-hydrogen) atoms. The van der Waals surface area contributed by atoms with E-state index in [2.05, 4.69) is 4.90 Å². The standard InChI is InChI=1S/C24H27Cl3N2O3/c1-24(2,3)32-23(30)14-29-11-10-28(16-29)13-22(20-9-8-19(26)12-21(20)27)31-15-17-4-6-18(25)7-5-17/h4-12,22H,13-16H2,1-3H3. The minimum Gasteiger partial charge on any atom is -0.459 e. The zero-order valence-electron chi connectivity index (χ0n) is 18.4. The Bertz CT molecular complexity index is 958. The van der Waals surface area contributed by atoms with Gasteiger partial charge in [0.05, 0.1) is 13.3 Å². The molecule has 1 atom stereocenters. The zero-order chi connectivity index (χ0) is 23.3. The van der Waals surface area contributed by atoms with Crippen LogP contribution in [0.25, 0.3) is 0 Å². The van der Waals surface area contributed by atoms with Gasteiger partial charge in [0.15, 0.2) is 0 Å². The van der Waals surface area contributed by atoms with Crippen molar-refractivity contribution in [1.29, 1.82) is 0 Å². The molecular formula is C24H27Cl3N2O3. The highest BCUT2D eigenvalue weighted by Gasteiger charge is 2.24. The first-order valence-corrected chi connectivity index (χ1v) is 11.4. The van der Waals surface area contributed by atoms with Crippen LogP contribution in [0.4, 0.5) is 0 Å². The van der Waals surface area contributed by atoms with E-state index < -0.39 is 5.60 Å². The van der Waals surface area contributed by atoms with E-state index in [-0.39, 0.29) is 18.6 Å². The number of carbonyl (C=O) groups excluding carboxylic acids is 1. The summed E-state index contributed by atoms with van der Waals surface area (Å²) in [5, 5.41) is 1.80. The molecule has 1 aliphatic heterocycles. The molecule has 2 aromatic carbocycles. The zero-order valence-corrected chi connectivity index (χ0v) is 20.6. The first-order valence-electron chi connectivity index (χ1n) is 10.3. The molecule has 0 N–H and O–H groups in total.